The lowest BCUT2D eigenvalue weighted by molar-refractivity contribution is -0.178. The molecular formula is C27H48N2O8. The maximum atomic E-state index is 12.7. The number of aliphatic hydroxyl groups is 1. The van der Waals surface area contributed by atoms with E-state index < -0.39 is 36.0 Å². The van der Waals surface area contributed by atoms with Gasteiger partial charge in [0.25, 0.3) is 0 Å². The first-order valence-electron chi connectivity index (χ1n) is 12.9. The third kappa shape index (κ3) is 13.2. The van der Waals surface area contributed by atoms with Crippen molar-refractivity contribution in [3.8, 4) is 0 Å². The summed E-state index contributed by atoms with van der Waals surface area (Å²) in [7, 11) is 0. The van der Waals surface area contributed by atoms with Crippen LogP contribution in [0, 0.1) is 22.2 Å². The lowest BCUT2D eigenvalue weighted by atomic mass is 9.62. The van der Waals surface area contributed by atoms with Crippen molar-refractivity contribution in [1.82, 2.24) is 10.6 Å². The van der Waals surface area contributed by atoms with E-state index in [-0.39, 0.29) is 36.0 Å². The fraction of sp³-hybridized carbons (Fsp3) is 0.815. The molecule has 0 aromatic heterocycles. The lowest BCUT2D eigenvalue weighted by Crippen LogP contribution is -2.51. The summed E-state index contributed by atoms with van der Waals surface area (Å²) < 4.78 is 21.2. The number of alkyl carbamates (subject to hydrolysis) is 2. The molecule has 10 nitrogen and oxygen atoms in total. The molecule has 0 spiro atoms. The molecule has 1 aliphatic rings. The van der Waals surface area contributed by atoms with Crippen LogP contribution in [0.15, 0.2) is 12.7 Å². The number of amides is 2. The summed E-state index contributed by atoms with van der Waals surface area (Å²) in [6.45, 7) is 19.3. The number of hydrogen-bond donors (Lipinski definition) is 3. The van der Waals surface area contributed by atoms with Crippen LogP contribution in [0.25, 0.3) is 0 Å². The molecule has 0 heterocycles. The van der Waals surface area contributed by atoms with Gasteiger partial charge in [0.05, 0.1) is 13.2 Å². The SMILES string of the molecule is C=CC(=O)OCC(COC(O)C(C)(C)C)OC(=O)NCC1(C)CC(NC(=O)OCC(C)C)CC(C)(C)C1. The van der Waals surface area contributed by atoms with Crippen molar-refractivity contribution >= 4 is 18.2 Å². The Morgan fingerprint density at radius 1 is 1.05 bits per heavy atom. The molecule has 2 amide bonds. The van der Waals surface area contributed by atoms with Gasteiger partial charge in [0.15, 0.2) is 12.4 Å². The Kier molecular flexibility index (Phi) is 12.4. The first-order valence-corrected chi connectivity index (χ1v) is 12.9. The highest BCUT2D eigenvalue weighted by Crippen LogP contribution is 2.45. The van der Waals surface area contributed by atoms with Crippen molar-refractivity contribution in [2.45, 2.75) is 93.1 Å². The van der Waals surface area contributed by atoms with Crippen LogP contribution in [0.4, 0.5) is 9.59 Å². The van der Waals surface area contributed by atoms with Gasteiger partial charge in [-0.3, -0.25) is 0 Å². The zero-order chi connectivity index (χ0) is 28.4. The van der Waals surface area contributed by atoms with E-state index in [9.17, 15) is 19.5 Å². The number of carbonyl (C=O) groups is 3. The summed E-state index contributed by atoms with van der Waals surface area (Å²) in [4.78, 5) is 36.4. The number of ether oxygens (including phenoxy) is 4. The zero-order valence-corrected chi connectivity index (χ0v) is 23.8. The van der Waals surface area contributed by atoms with Crippen LogP contribution in [0.5, 0.6) is 0 Å². The van der Waals surface area contributed by atoms with E-state index in [0.29, 0.717) is 19.6 Å². The normalized spacial score (nSPS) is 22.9. The summed E-state index contributed by atoms with van der Waals surface area (Å²) in [6, 6.07) is -0.0930. The average Bonchev–Trinajstić information content (AvgIpc) is 2.75. The van der Waals surface area contributed by atoms with E-state index >= 15 is 0 Å². The van der Waals surface area contributed by atoms with Gasteiger partial charge in [0.2, 0.25) is 0 Å². The van der Waals surface area contributed by atoms with E-state index in [4.69, 9.17) is 18.9 Å². The fourth-order valence-electron chi connectivity index (χ4n) is 4.60. The molecule has 10 heteroatoms. The molecule has 1 saturated carbocycles. The first kappa shape index (κ1) is 32.7. The van der Waals surface area contributed by atoms with Gasteiger partial charge in [0.1, 0.15) is 6.61 Å². The molecule has 214 valence electrons. The Bertz CT molecular complexity index is 777. The number of carbonyl (C=O) groups excluding carboxylic acids is 3. The largest absolute Gasteiger partial charge is 0.458 e. The molecule has 3 N–H and O–H groups in total. The Morgan fingerprint density at radius 2 is 1.70 bits per heavy atom. The van der Waals surface area contributed by atoms with Crippen molar-refractivity contribution in [2.24, 2.45) is 22.2 Å². The van der Waals surface area contributed by atoms with Gasteiger partial charge in [0, 0.05) is 24.1 Å². The van der Waals surface area contributed by atoms with Gasteiger partial charge in [-0.15, -0.1) is 0 Å². The van der Waals surface area contributed by atoms with E-state index in [2.05, 4.69) is 38.0 Å². The summed E-state index contributed by atoms with van der Waals surface area (Å²) in [5.41, 5.74) is -0.911. The van der Waals surface area contributed by atoms with E-state index in [1.54, 1.807) is 20.8 Å². The maximum absolute atomic E-state index is 12.7. The third-order valence-electron chi connectivity index (χ3n) is 6.01. The van der Waals surface area contributed by atoms with Crippen LogP contribution < -0.4 is 10.6 Å². The Labute approximate surface area is 221 Å². The second-order valence-corrected chi connectivity index (χ2v) is 12.7. The molecule has 4 atom stereocenters. The smallest absolute Gasteiger partial charge is 0.407 e. The summed E-state index contributed by atoms with van der Waals surface area (Å²) in [5, 5.41) is 15.9. The van der Waals surface area contributed by atoms with Gasteiger partial charge < -0.3 is 34.7 Å². The molecule has 1 aliphatic carbocycles. The third-order valence-corrected chi connectivity index (χ3v) is 6.01. The van der Waals surface area contributed by atoms with Crippen molar-refractivity contribution in [3.05, 3.63) is 12.7 Å². The van der Waals surface area contributed by atoms with Crippen molar-refractivity contribution in [3.63, 3.8) is 0 Å². The lowest BCUT2D eigenvalue weighted by Gasteiger charge is -2.46. The van der Waals surface area contributed by atoms with Crippen LogP contribution in [-0.2, 0) is 23.7 Å². The molecule has 1 fully saturated rings. The fourth-order valence-corrected chi connectivity index (χ4v) is 4.60. The van der Waals surface area contributed by atoms with Crippen molar-refractivity contribution < 1.29 is 38.4 Å². The molecule has 0 radical (unpaired) electrons. The molecule has 0 bridgehead atoms. The van der Waals surface area contributed by atoms with Gasteiger partial charge in [-0.05, 0) is 36.0 Å². The second-order valence-electron chi connectivity index (χ2n) is 12.7. The van der Waals surface area contributed by atoms with Crippen molar-refractivity contribution in [2.75, 3.05) is 26.4 Å². The monoisotopic (exact) mass is 528 g/mol. The average molecular weight is 529 g/mol. The molecule has 0 saturated heterocycles. The van der Waals surface area contributed by atoms with Crippen molar-refractivity contribution in [1.29, 1.82) is 0 Å². The predicted octanol–water partition coefficient (Wildman–Crippen LogP) is 4.16. The summed E-state index contributed by atoms with van der Waals surface area (Å²) in [6.07, 6.45) is 0.151. The van der Waals surface area contributed by atoms with Gasteiger partial charge in [-0.2, -0.15) is 0 Å². The van der Waals surface area contributed by atoms with Gasteiger partial charge in [-0.1, -0.05) is 62.0 Å². The van der Waals surface area contributed by atoms with Crippen LogP contribution in [0.2, 0.25) is 0 Å². The minimum Gasteiger partial charge on any atom is -0.458 e. The van der Waals surface area contributed by atoms with Gasteiger partial charge >= 0.3 is 18.2 Å². The highest BCUT2D eigenvalue weighted by Gasteiger charge is 2.42. The van der Waals surface area contributed by atoms with Crippen LogP contribution in [0.3, 0.4) is 0 Å². The highest BCUT2D eigenvalue weighted by atomic mass is 16.6. The number of esters is 1. The molecule has 0 aromatic carbocycles. The quantitative estimate of drug-likeness (QED) is 0.149. The van der Waals surface area contributed by atoms with Crippen LogP contribution >= 0.6 is 0 Å². The zero-order valence-electron chi connectivity index (χ0n) is 23.8. The molecule has 0 aromatic rings. The molecule has 37 heavy (non-hydrogen) atoms. The Morgan fingerprint density at radius 3 is 2.27 bits per heavy atom. The highest BCUT2D eigenvalue weighted by molar-refractivity contribution is 5.81. The first-order chi connectivity index (χ1) is 16.9. The summed E-state index contributed by atoms with van der Waals surface area (Å²) >= 11 is 0. The van der Waals surface area contributed by atoms with Gasteiger partial charge in [-0.25, -0.2) is 14.4 Å². The molecule has 0 aliphatic heterocycles. The summed E-state index contributed by atoms with van der Waals surface area (Å²) in [5.74, 6) is -0.409. The number of nitrogens with one attached hydrogen (secondary N) is 2. The minimum atomic E-state index is -1.10. The second kappa shape index (κ2) is 14.0. The van der Waals surface area contributed by atoms with E-state index in [1.807, 2.05) is 13.8 Å². The number of aliphatic hydroxyl groups excluding tert-OH is 1. The van der Waals surface area contributed by atoms with E-state index in [0.717, 1.165) is 18.9 Å². The molecule has 4 unspecified atom stereocenters. The van der Waals surface area contributed by atoms with Crippen LogP contribution in [-0.4, -0.2) is 68.1 Å². The van der Waals surface area contributed by atoms with Crippen LogP contribution in [0.1, 0.15) is 74.7 Å². The minimum absolute atomic E-state index is 0.0626. The van der Waals surface area contributed by atoms with E-state index in [1.165, 1.54) is 0 Å². The number of hydrogen-bond acceptors (Lipinski definition) is 8. The maximum Gasteiger partial charge on any atom is 0.407 e. The molecular weight excluding hydrogens is 480 g/mol. The predicted molar refractivity (Wildman–Crippen MR) is 140 cm³/mol. The Hall–Kier alpha value is -2.33. The topological polar surface area (TPSA) is 132 Å². The Balaban J connectivity index is 2.74. The standard InChI is InChI=1S/C27H48N2O8/c1-10-21(30)34-14-20(15-35-22(31)25(4,5)6)37-23(32)28-17-27(9)12-19(11-26(7,8)16-27)29-24(33)36-13-18(2)3/h10,18-20,22,31H,1,11-17H2,2-9H3,(H,28,32)(H,29,33). The number of rotatable bonds is 12. The molecule has 1 rings (SSSR count).